The summed E-state index contributed by atoms with van der Waals surface area (Å²) < 4.78 is 0. The number of nitrogens with two attached hydrogens (primary N) is 1. The van der Waals surface area contributed by atoms with Gasteiger partial charge in [0.15, 0.2) is 0 Å². The Morgan fingerprint density at radius 3 is 2.44 bits per heavy atom. The highest BCUT2D eigenvalue weighted by Crippen LogP contribution is 2.21. The zero-order valence-corrected chi connectivity index (χ0v) is 9.74. The Labute approximate surface area is 96.6 Å². The van der Waals surface area contributed by atoms with Crippen LogP contribution in [0.5, 0.6) is 0 Å². The Hall–Kier alpha value is -1.29. The summed E-state index contributed by atoms with van der Waals surface area (Å²) in [5, 5.41) is 6.79. The number of nitrogens with one attached hydrogen (secondary N) is 2. The number of pyridine rings is 1. The average Bonchev–Trinajstić information content (AvgIpc) is 2.33. The van der Waals surface area contributed by atoms with Crippen LogP contribution in [0, 0.1) is 0 Å². The molecule has 0 aliphatic heterocycles. The van der Waals surface area contributed by atoms with Crippen LogP contribution in [0.15, 0.2) is 18.3 Å². The van der Waals surface area contributed by atoms with Gasteiger partial charge in [-0.15, -0.1) is 0 Å². The third-order valence-corrected chi connectivity index (χ3v) is 3.27. The van der Waals surface area contributed by atoms with E-state index in [0.29, 0.717) is 17.8 Å². The first kappa shape index (κ1) is 11.2. The zero-order valence-electron chi connectivity index (χ0n) is 9.74. The van der Waals surface area contributed by atoms with Gasteiger partial charge in [0.1, 0.15) is 5.82 Å². The summed E-state index contributed by atoms with van der Waals surface area (Å²) in [7, 11) is 2.04. The van der Waals surface area contributed by atoms with Gasteiger partial charge in [0.05, 0.1) is 11.9 Å². The van der Waals surface area contributed by atoms with Crippen LogP contribution in [-0.2, 0) is 0 Å². The fraction of sp³-hybridized carbons (Fsp3) is 0.583. The Morgan fingerprint density at radius 2 is 1.88 bits per heavy atom. The van der Waals surface area contributed by atoms with Crippen molar-refractivity contribution in [3.63, 3.8) is 0 Å². The van der Waals surface area contributed by atoms with Crippen molar-refractivity contribution >= 4 is 11.5 Å². The molecule has 0 radical (unpaired) electrons. The molecule has 4 N–H and O–H groups in total. The highest BCUT2D eigenvalue weighted by atomic mass is 15.0. The van der Waals surface area contributed by atoms with Crippen LogP contribution in [0.3, 0.4) is 0 Å². The molecule has 0 aromatic carbocycles. The molecule has 1 saturated carbocycles. The highest BCUT2D eigenvalue weighted by Gasteiger charge is 2.19. The molecular formula is C12H20N4. The second-order valence-electron chi connectivity index (χ2n) is 4.46. The predicted octanol–water partition coefficient (Wildman–Crippen LogP) is 1.61. The number of nitrogens with zero attached hydrogens (tertiary/aromatic N) is 1. The fourth-order valence-electron chi connectivity index (χ4n) is 2.23. The van der Waals surface area contributed by atoms with E-state index in [9.17, 15) is 0 Å². The van der Waals surface area contributed by atoms with Gasteiger partial charge in [0.2, 0.25) is 0 Å². The topological polar surface area (TPSA) is 63.0 Å². The Kier molecular flexibility index (Phi) is 3.62. The number of hydrogen-bond donors (Lipinski definition) is 3. The first-order chi connectivity index (χ1) is 7.78. The first-order valence-electron chi connectivity index (χ1n) is 5.93. The second kappa shape index (κ2) is 5.16. The summed E-state index contributed by atoms with van der Waals surface area (Å²) >= 11 is 0. The standard InChI is InChI=1S/C12H20N4/c1-14-10-3-5-11(6-4-10)16-12-7-2-9(13)8-15-12/h2,7-8,10-11,14H,3-6,13H2,1H3,(H,15,16). The molecule has 0 spiro atoms. The minimum atomic E-state index is 0.556. The van der Waals surface area contributed by atoms with Crippen molar-refractivity contribution in [2.24, 2.45) is 0 Å². The van der Waals surface area contributed by atoms with E-state index in [0.717, 1.165) is 5.82 Å². The van der Waals surface area contributed by atoms with Gasteiger partial charge in [-0.3, -0.25) is 0 Å². The van der Waals surface area contributed by atoms with Gasteiger partial charge in [-0.2, -0.15) is 0 Å². The monoisotopic (exact) mass is 220 g/mol. The maximum Gasteiger partial charge on any atom is 0.126 e. The number of hydrogen-bond acceptors (Lipinski definition) is 4. The van der Waals surface area contributed by atoms with Gasteiger partial charge in [-0.25, -0.2) is 4.98 Å². The van der Waals surface area contributed by atoms with E-state index in [4.69, 9.17) is 5.73 Å². The molecule has 1 heterocycles. The molecule has 0 bridgehead atoms. The Morgan fingerprint density at radius 1 is 1.19 bits per heavy atom. The molecule has 0 saturated heterocycles. The highest BCUT2D eigenvalue weighted by molar-refractivity contribution is 5.44. The van der Waals surface area contributed by atoms with Crippen molar-refractivity contribution < 1.29 is 0 Å². The summed E-state index contributed by atoms with van der Waals surface area (Å²) in [5.41, 5.74) is 6.31. The van der Waals surface area contributed by atoms with Crippen LogP contribution in [-0.4, -0.2) is 24.1 Å². The fourth-order valence-corrected chi connectivity index (χ4v) is 2.23. The molecule has 0 atom stereocenters. The van der Waals surface area contributed by atoms with Gasteiger partial charge in [0.25, 0.3) is 0 Å². The van der Waals surface area contributed by atoms with Crippen LogP contribution >= 0.6 is 0 Å². The molecular weight excluding hydrogens is 200 g/mol. The van der Waals surface area contributed by atoms with Crippen molar-refractivity contribution in [3.05, 3.63) is 18.3 Å². The lowest BCUT2D eigenvalue weighted by molar-refractivity contribution is 0.371. The van der Waals surface area contributed by atoms with Gasteiger partial charge in [-0.05, 0) is 44.9 Å². The van der Waals surface area contributed by atoms with Crippen LogP contribution < -0.4 is 16.4 Å². The maximum absolute atomic E-state index is 5.60. The van der Waals surface area contributed by atoms with E-state index in [1.54, 1.807) is 6.20 Å². The van der Waals surface area contributed by atoms with Gasteiger partial charge < -0.3 is 16.4 Å². The molecule has 0 unspecified atom stereocenters. The number of nitrogen functional groups attached to an aromatic ring is 1. The van der Waals surface area contributed by atoms with E-state index in [2.05, 4.69) is 15.6 Å². The van der Waals surface area contributed by atoms with Crippen molar-refractivity contribution in [2.45, 2.75) is 37.8 Å². The molecule has 1 aromatic rings. The molecule has 1 fully saturated rings. The summed E-state index contributed by atoms with van der Waals surface area (Å²) in [6.07, 6.45) is 6.59. The molecule has 4 heteroatoms. The lowest BCUT2D eigenvalue weighted by atomic mass is 9.91. The zero-order chi connectivity index (χ0) is 11.4. The number of rotatable bonds is 3. The predicted molar refractivity (Wildman–Crippen MR) is 67.4 cm³/mol. The first-order valence-corrected chi connectivity index (χ1v) is 5.93. The molecule has 16 heavy (non-hydrogen) atoms. The van der Waals surface area contributed by atoms with Crippen molar-refractivity contribution in [2.75, 3.05) is 18.1 Å². The Bertz CT molecular complexity index is 314. The van der Waals surface area contributed by atoms with E-state index < -0.39 is 0 Å². The van der Waals surface area contributed by atoms with E-state index in [-0.39, 0.29) is 0 Å². The van der Waals surface area contributed by atoms with Crippen LogP contribution in [0.1, 0.15) is 25.7 Å². The molecule has 88 valence electrons. The molecule has 4 nitrogen and oxygen atoms in total. The molecule has 1 aliphatic rings. The van der Waals surface area contributed by atoms with Crippen LogP contribution in [0.2, 0.25) is 0 Å². The maximum atomic E-state index is 5.60. The normalized spacial score (nSPS) is 25.3. The van der Waals surface area contributed by atoms with E-state index >= 15 is 0 Å². The van der Waals surface area contributed by atoms with Gasteiger partial charge in [-0.1, -0.05) is 0 Å². The van der Waals surface area contributed by atoms with Crippen LogP contribution in [0.25, 0.3) is 0 Å². The smallest absolute Gasteiger partial charge is 0.126 e. The van der Waals surface area contributed by atoms with Crippen molar-refractivity contribution in [1.29, 1.82) is 0 Å². The third-order valence-electron chi connectivity index (χ3n) is 3.27. The number of aromatic nitrogens is 1. The summed E-state index contributed by atoms with van der Waals surface area (Å²) in [6.45, 7) is 0. The average molecular weight is 220 g/mol. The SMILES string of the molecule is CNC1CCC(Nc2ccc(N)cn2)CC1. The third kappa shape index (κ3) is 2.85. The minimum Gasteiger partial charge on any atom is -0.397 e. The van der Waals surface area contributed by atoms with E-state index in [1.165, 1.54) is 25.7 Å². The lowest BCUT2D eigenvalue weighted by Gasteiger charge is -2.29. The summed E-state index contributed by atoms with van der Waals surface area (Å²) in [5.74, 6) is 0.933. The molecule has 1 aromatic heterocycles. The summed E-state index contributed by atoms with van der Waals surface area (Å²) in [6, 6.07) is 5.08. The van der Waals surface area contributed by atoms with Crippen molar-refractivity contribution in [3.8, 4) is 0 Å². The molecule has 1 aliphatic carbocycles. The van der Waals surface area contributed by atoms with Gasteiger partial charge >= 0.3 is 0 Å². The van der Waals surface area contributed by atoms with Crippen molar-refractivity contribution in [1.82, 2.24) is 10.3 Å². The number of anilines is 2. The molecule has 2 rings (SSSR count). The van der Waals surface area contributed by atoms with Crippen LogP contribution in [0.4, 0.5) is 11.5 Å². The van der Waals surface area contributed by atoms with E-state index in [1.807, 2.05) is 19.2 Å². The Balaban J connectivity index is 1.84. The minimum absolute atomic E-state index is 0.556. The summed E-state index contributed by atoms with van der Waals surface area (Å²) in [4.78, 5) is 4.26. The quantitative estimate of drug-likeness (QED) is 0.724. The molecule has 0 amide bonds. The lowest BCUT2D eigenvalue weighted by Crippen LogP contribution is -2.35. The van der Waals surface area contributed by atoms with Gasteiger partial charge in [0, 0.05) is 12.1 Å². The second-order valence-corrected chi connectivity index (χ2v) is 4.46. The largest absolute Gasteiger partial charge is 0.397 e.